The number of ether oxygens (including phenoxy) is 1. The zero-order valence-corrected chi connectivity index (χ0v) is 12.4. The van der Waals surface area contributed by atoms with Gasteiger partial charge in [-0.15, -0.1) is 0 Å². The summed E-state index contributed by atoms with van der Waals surface area (Å²) in [6, 6.07) is 4.13. The van der Waals surface area contributed by atoms with Crippen LogP contribution >= 0.6 is 0 Å². The van der Waals surface area contributed by atoms with Crippen molar-refractivity contribution in [2.45, 2.75) is 32.9 Å². The van der Waals surface area contributed by atoms with Crippen LogP contribution in [0.25, 0.3) is 0 Å². The van der Waals surface area contributed by atoms with Crippen molar-refractivity contribution in [1.82, 2.24) is 10.1 Å². The van der Waals surface area contributed by atoms with E-state index in [2.05, 4.69) is 28.0 Å². The molecular formula is C15H20N4O2. The summed E-state index contributed by atoms with van der Waals surface area (Å²) >= 11 is 0. The highest BCUT2D eigenvalue weighted by molar-refractivity contribution is 5.67. The molecule has 6 nitrogen and oxygen atoms in total. The van der Waals surface area contributed by atoms with E-state index in [9.17, 15) is 0 Å². The highest BCUT2D eigenvalue weighted by Crippen LogP contribution is 2.38. The number of fused-ring (bicyclic) bond motifs is 1. The van der Waals surface area contributed by atoms with Gasteiger partial charge in [-0.3, -0.25) is 0 Å². The van der Waals surface area contributed by atoms with Crippen LogP contribution in [0, 0.1) is 6.92 Å². The number of nitrogens with zero attached hydrogens (tertiary/aromatic N) is 3. The molecule has 1 aromatic heterocycles. The smallest absolute Gasteiger partial charge is 0.240 e. The zero-order valence-electron chi connectivity index (χ0n) is 12.4. The monoisotopic (exact) mass is 288 g/mol. The number of hydrogen-bond acceptors (Lipinski definition) is 6. The van der Waals surface area contributed by atoms with E-state index in [0.717, 1.165) is 30.8 Å². The molecular weight excluding hydrogens is 268 g/mol. The van der Waals surface area contributed by atoms with Crippen molar-refractivity contribution in [2.75, 3.05) is 18.6 Å². The van der Waals surface area contributed by atoms with E-state index < -0.39 is 0 Å². The standard InChI is InChI=1S/C15H20N4O2/c1-10-5-6-12(20-2)15-11(10)4-3-7-19(15)9-13-17-14(8-16)21-18-13/h5-6H,3-4,7-9,16H2,1-2H3. The van der Waals surface area contributed by atoms with Gasteiger partial charge in [-0.2, -0.15) is 4.98 Å². The molecule has 1 aliphatic rings. The molecule has 2 N–H and O–H groups in total. The summed E-state index contributed by atoms with van der Waals surface area (Å²) in [4.78, 5) is 6.55. The van der Waals surface area contributed by atoms with Gasteiger partial charge in [0.25, 0.3) is 0 Å². The van der Waals surface area contributed by atoms with Crippen LogP contribution in [0.3, 0.4) is 0 Å². The minimum atomic E-state index is 0.270. The van der Waals surface area contributed by atoms with Gasteiger partial charge in [0.15, 0.2) is 5.82 Å². The Kier molecular flexibility index (Phi) is 3.79. The van der Waals surface area contributed by atoms with Crippen LogP contribution in [0.1, 0.15) is 29.3 Å². The molecule has 0 spiro atoms. The number of nitrogens with two attached hydrogens (primary N) is 1. The third kappa shape index (κ3) is 2.58. The Bertz CT molecular complexity index is 639. The molecule has 6 heteroatoms. The van der Waals surface area contributed by atoms with E-state index >= 15 is 0 Å². The lowest BCUT2D eigenvalue weighted by Gasteiger charge is -2.32. The zero-order chi connectivity index (χ0) is 14.8. The Morgan fingerprint density at radius 2 is 2.29 bits per heavy atom. The molecule has 0 amide bonds. The number of benzene rings is 1. The van der Waals surface area contributed by atoms with E-state index in [-0.39, 0.29) is 6.54 Å². The fourth-order valence-corrected chi connectivity index (χ4v) is 2.87. The Labute approximate surface area is 123 Å². The number of aromatic nitrogens is 2. The highest BCUT2D eigenvalue weighted by atomic mass is 16.5. The number of methoxy groups -OCH3 is 1. The second-order valence-corrected chi connectivity index (χ2v) is 5.25. The number of aryl methyl sites for hydroxylation is 1. The van der Waals surface area contributed by atoms with Gasteiger partial charge in [0.1, 0.15) is 5.75 Å². The molecule has 1 aromatic carbocycles. The summed E-state index contributed by atoms with van der Waals surface area (Å²) in [6.07, 6.45) is 2.19. The predicted octanol–water partition coefficient (Wildman–Crippen LogP) is 1.80. The maximum atomic E-state index is 5.54. The minimum absolute atomic E-state index is 0.270. The maximum Gasteiger partial charge on any atom is 0.240 e. The Balaban J connectivity index is 1.94. The molecule has 0 bridgehead atoms. The fraction of sp³-hybridized carbons (Fsp3) is 0.467. The van der Waals surface area contributed by atoms with Crippen molar-refractivity contribution in [3.8, 4) is 5.75 Å². The Morgan fingerprint density at radius 3 is 3.00 bits per heavy atom. The first-order chi connectivity index (χ1) is 10.2. The Morgan fingerprint density at radius 1 is 1.43 bits per heavy atom. The SMILES string of the molecule is COc1ccc(C)c2c1N(Cc1noc(CN)n1)CCC2. The topological polar surface area (TPSA) is 77.4 Å². The average molecular weight is 288 g/mol. The summed E-state index contributed by atoms with van der Waals surface area (Å²) in [5.41, 5.74) is 9.31. The van der Waals surface area contributed by atoms with Gasteiger partial charge in [0, 0.05) is 6.54 Å². The summed E-state index contributed by atoms with van der Waals surface area (Å²) in [7, 11) is 1.71. The third-order valence-electron chi connectivity index (χ3n) is 3.89. The lowest BCUT2D eigenvalue weighted by molar-refractivity contribution is 0.373. The number of hydrogen-bond donors (Lipinski definition) is 1. The lowest BCUT2D eigenvalue weighted by Crippen LogP contribution is -2.30. The Hall–Kier alpha value is -2.08. The second kappa shape index (κ2) is 5.73. The quantitative estimate of drug-likeness (QED) is 0.924. The molecule has 2 heterocycles. The van der Waals surface area contributed by atoms with E-state index in [0.29, 0.717) is 18.3 Å². The van der Waals surface area contributed by atoms with E-state index in [1.54, 1.807) is 7.11 Å². The van der Waals surface area contributed by atoms with Crippen LogP contribution in [-0.4, -0.2) is 23.8 Å². The molecule has 21 heavy (non-hydrogen) atoms. The normalized spacial score (nSPS) is 14.1. The van der Waals surface area contributed by atoms with Crippen LogP contribution in [0.5, 0.6) is 5.75 Å². The van der Waals surface area contributed by atoms with Crippen molar-refractivity contribution in [3.63, 3.8) is 0 Å². The number of rotatable bonds is 4. The van der Waals surface area contributed by atoms with E-state index in [1.165, 1.54) is 11.1 Å². The molecule has 112 valence electrons. The average Bonchev–Trinajstić information content (AvgIpc) is 2.96. The first-order valence-electron chi connectivity index (χ1n) is 7.16. The van der Waals surface area contributed by atoms with Gasteiger partial charge in [0.05, 0.1) is 25.9 Å². The maximum absolute atomic E-state index is 5.54. The fourth-order valence-electron chi connectivity index (χ4n) is 2.87. The molecule has 0 saturated heterocycles. The van der Waals surface area contributed by atoms with Crippen LogP contribution in [0.2, 0.25) is 0 Å². The van der Waals surface area contributed by atoms with Crippen molar-refractivity contribution in [1.29, 1.82) is 0 Å². The van der Waals surface area contributed by atoms with Crippen LogP contribution in [0.15, 0.2) is 16.7 Å². The first kappa shape index (κ1) is 13.9. The summed E-state index contributed by atoms with van der Waals surface area (Å²) < 4.78 is 10.6. The molecule has 3 rings (SSSR count). The van der Waals surface area contributed by atoms with Crippen molar-refractivity contribution >= 4 is 5.69 Å². The number of anilines is 1. The largest absolute Gasteiger partial charge is 0.495 e. The molecule has 0 aliphatic carbocycles. The lowest BCUT2D eigenvalue weighted by atomic mass is 9.96. The van der Waals surface area contributed by atoms with Crippen molar-refractivity contribution in [3.05, 3.63) is 35.0 Å². The van der Waals surface area contributed by atoms with Gasteiger partial charge >= 0.3 is 0 Å². The summed E-state index contributed by atoms with van der Waals surface area (Å²) in [5, 5.41) is 3.98. The second-order valence-electron chi connectivity index (χ2n) is 5.25. The molecule has 0 radical (unpaired) electrons. The molecule has 1 aliphatic heterocycles. The molecule has 0 atom stereocenters. The molecule has 0 unspecified atom stereocenters. The predicted molar refractivity (Wildman–Crippen MR) is 79.3 cm³/mol. The van der Waals surface area contributed by atoms with E-state index in [4.69, 9.17) is 15.0 Å². The molecule has 0 saturated carbocycles. The van der Waals surface area contributed by atoms with Crippen LogP contribution < -0.4 is 15.4 Å². The van der Waals surface area contributed by atoms with Gasteiger partial charge in [0.2, 0.25) is 5.89 Å². The molecule has 2 aromatic rings. The van der Waals surface area contributed by atoms with Crippen LogP contribution in [-0.2, 0) is 19.5 Å². The summed E-state index contributed by atoms with van der Waals surface area (Å²) in [6.45, 7) is 3.98. The highest BCUT2D eigenvalue weighted by Gasteiger charge is 2.24. The molecule has 0 fully saturated rings. The third-order valence-corrected chi connectivity index (χ3v) is 3.89. The summed E-state index contributed by atoms with van der Waals surface area (Å²) in [5.74, 6) is 2.03. The van der Waals surface area contributed by atoms with E-state index in [1.807, 2.05) is 6.07 Å². The van der Waals surface area contributed by atoms with Gasteiger partial charge in [-0.05, 0) is 37.0 Å². The van der Waals surface area contributed by atoms with Gasteiger partial charge < -0.3 is 19.9 Å². The van der Waals surface area contributed by atoms with Gasteiger partial charge in [-0.25, -0.2) is 0 Å². The minimum Gasteiger partial charge on any atom is -0.495 e. The van der Waals surface area contributed by atoms with Crippen LogP contribution in [0.4, 0.5) is 5.69 Å². The van der Waals surface area contributed by atoms with Crippen molar-refractivity contribution in [2.24, 2.45) is 5.73 Å². The van der Waals surface area contributed by atoms with Crippen molar-refractivity contribution < 1.29 is 9.26 Å². The van der Waals surface area contributed by atoms with Gasteiger partial charge in [-0.1, -0.05) is 11.2 Å². The first-order valence-corrected chi connectivity index (χ1v) is 7.16.